The van der Waals surface area contributed by atoms with Gasteiger partial charge in [0.05, 0.1) is 27.2 Å². The van der Waals surface area contributed by atoms with Crippen LogP contribution in [0.2, 0.25) is 5.02 Å². The van der Waals surface area contributed by atoms with Gasteiger partial charge in [0.1, 0.15) is 11.3 Å². The summed E-state index contributed by atoms with van der Waals surface area (Å²) in [5, 5.41) is 2.95. The van der Waals surface area contributed by atoms with E-state index in [1.54, 1.807) is 30.6 Å². The average molecular weight is 471 g/mol. The van der Waals surface area contributed by atoms with Crippen molar-refractivity contribution >= 4 is 40.1 Å². The maximum absolute atomic E-state index is 14.4. The number of anilines is 1. The van der Waals surface area contributed by atoms with Crippen LogP contribution in [0.3, 0.4) is 0 Å². The SMILES string of the molecule is O=C(NC1CCC2(CC1)CCN(c1c(F)cc(F)cc1Cl)C2=O)c1cccc2nccnc12. The zero-order valence-corrected chi connectivity index (χ0v) is 18.4. The highest BCUT2D eigenvalue weighted by atomic mass is 35.5. The number of para-hydroxylation sites is 1. The van der Waals surface area contributed by atoms with Gasteiger partial charge in [-0.05, 0) is 50.3 Å². The number of benzene rings is 2. The molecule has 6 nitrogen and oxygen atoms in total. The number of nitrogens with one attached hydrogen (secondary N) is 1. The van der Waals surface area contributed by atoms with Crippen LogP contribution >= 0.6 is 11.6 Å². The molecule has 2 fully saturated rings. The molecule has 1 aliphatic carbocycles. The minimum atomic E-state index is -0.843. The molecule has 0 radical (unpaired) electrons. The van der Waals surface area contributed by atoms with Crippen molar-refractivity contribution in [3.63, 3.8) is 0 Å². The summed E-state index contributed by atoms with van der Waals surface area (Å²) in [4.78, 5) is 36.0. The number of carbonyl (C=O) groups excluding carboxylic acids is 2. The summed E-state index contributed by atoms with van der Waals surface area (Å²) in [5.74, 6) is -2.04. The lowest BCUT2D eigenvalue weighted by Gasteiger charge is -2.36. The Labute approximate surface area is 194 Å². The first-order valence-electron chi connectivity index (χ1n) is 10.9. The fraction of sp³-hybridized carbons (Fsp3) is 0.333. The predicted octanol–water partition coefficient (Wildman–Crippen LogP) is 4.66. The second-order valence-corrected chi connectivity index (χ2v) is 9.09. The van der Waals surface area contributed by atoms with Crippen molar-refractivity contribution in [2.24, 2.45) is 5.41 Å². The minimum absolute atomic E-state index is 0.0626. The number of carbonyl (C=O) groups is 2. The summed E-state index contributed by atoms with van der Waals surface area (Å²) in [6.45, 7) is 0.326. The Bertz CT molecular complexity index is 1230. The van der Waals surface area contributed by atoms with Crippen molar-refractivity contribution in [2.75, 3.05) is 11.4 Å². The van der Waals surface area contributed by atoms with Gasteiger partial charge >= 0.3 is 0 Å². The normalized spacial score (nSPS) is 22.8. The van der Waals surface area contributed by atoms with E-state index < -0.39 is 17.0 Å². The Morgan fingerprint density at radius 1 is 1.12 bits per heavy atom. The molecule has 1 saturated carbocycles. The molecule has 2 aliphatic rings. The van der Waals surface area contributed by atoms with E-state index in [9.17, 15) is 18.4 Å². The molecule has 1 saturated heterocycles. The zero-order valence-electron chi connectivity index (χ0n) is 17.7. The number of fused-ring (bicyclic) bond motifs is 1. The Kier molecular flexibility index (Phi) is 5.48. The Balaban J connectivity index is 1.27. The summed E-state index contributed by atoms with van der Waals surface area (Å²) in [7, 11) is 0. The lowest BCUT2D eigenvalue weighted by atomic mass is 9.71. The second kappa shape index (κ2) is 8.33. The molecule has 2 aromatic carbocycles. The van der Waals surface area contributed by atoms with Crippen LogP contribution in [0, 0.1) is 17.0 Å². The molecule has 1 aliphatic heterocycles. The predicted molar refractivity (Wildman–Crippen MR) is 120 cm³/mol. The number of hydrogen-bond acceptors (Lipinski definition) is 4. The van der Waals surface area contributed by atoms with Gasteiger partial charge in [0.15, 0.2) is 5.82 Å². The molecule has 1 aromatic heterocycles. The highest BCUT2D eigenvalue weighted by molar-refractivity contribution is 6.34. The maximum Gasteiger partial charge on any atom is 0.253 e. The van der Waals surface area contributed by atoms with Gasteiger partial charge in [-0.15, -0.1) is 0 Å². The van der Waals surface area contributed by atoms with Crippen LogP contribution in [0.4, 0.5) is 14.5 Å². The first-order valence-corrected chi connectivity index (χ1v) is 11.2. The van der Waals surface area contributed by atoms with Gasteiger partial charge in [0.25, 0.3) is 5.91 Å². The smallest absolute Gasteiger partial charge is 0.253 e. The average Bonchev–Trinajstić information content (AvgIpc) is 3.10. The third kappa shape index (κ3) is 3.82. The summed E-state index contributed by atoms with van der Waals surface area (Å²) < 4.78 is 27.8. The van der Waals surface area contributed by atoms with Crippen molar-refractivity contribution in [1.29, 1.82) is 0 Å². The molecule has 1 N–H and O–H groups in total. The molecule has 2 heterocycles. The Hall–Kier alpha value is -3.13. The zero-order chi connectivity index (χ0) is 23.2. The molecule has 5 rings (SSSR count). The summed E-state index contributed by atoms with van der Waals surface area (Å²) in [6, 6.07) is 6.97. The molecule has 0 bridgehead atoms. The number of halogens is 3. The molecule has 1 spiro atoms. The van der Waals surface area contributed by atoms with E-state index in [1.807, 2.05) is 0 Å². The van der Waals surface area contributed by atoms with Crippen molar-refractivity contribution in [3.8, 4) is 0 Å². The lowest BCUT2D eigenvalue weighted by Crippen LogP contribution is -2.44. The molecule has 33 heavy (non-hydrogen) atoms. The second-order valence-electron chi connectivity index (χ2n) is 8.68. The molecule has 0 unspecified atom stereocenters. The van der Waals surface area contributed by atoms with Crippen molar-refractivity contribution in [1.82, 2.24) is 15.3 Å². The maximum atomic E-state index is 14.4. The van der Waals surface area contributed by atoms with Crippen LogP contribution in [0.5, 0.6) is 0 Å². The molecular formula is C24H21ClF2N4O2. The Morgan fingerprint density at radius 3 is 2.64 bits per heavy atom. The topological polar surface area (TPSA) is 75.2 Å². The van der Waals surface area contributed by atoms with Crippen LogP contribution in [0.1, 0.15) is 42.5 Å². The Morgan fingerprint density at radius 2 is 1.88 bits per heavy atom. The molecule has 3 aromatic rings. The quantitative estimate of drug-likeness (QED) is 0.604. The van der Waals surface area contributed by atoms with E-state index in [-0.39, 0.29) is 28.6 Å². The van der Waals surface area contributed by atoms with Crippen LogP contribution in [0.25, 0.3) is 11.0 Å². The van der Waals surface area contributed by atoms with Gasteiger partial charge in [-0.25, -0.2) is 8.78 Å². The van der Waals surface area contributed by atoms with E-state index in [0.29, 0.717) is 55.2 Å². The lowest BCUT2D eigenvalue weighted by molar-refractivity contribution is -0.127. The number of amides is 2. The van der Waals surface area contributed by atoms with E-state index in [1.165, 1.54) is 4.90 Å². The van der Waals surface area contributed by atoms with Crippen LogP contribution in [-0.4, -0.2) is 34.4 Å². The van der Waals surface area contributed by atoms with Crippen molar-refractivity contribution in [2.45, 2.75) is 38.1 Å². The van der Waals surface area contributed by atoms with Gasteiger partial charge in [0, 0.05) is 31.0 Å². The number of rotatable bonds is 3. The third-order valence-corrected chi connectivity index (χ3v) is 7.07. The fourth-order valence-corrected chi connectivity index (χ4v) is 5.34. The monoisotopic (exact) mass is 470 g/mol. The minimum Gasteiger partial charge on any atom is -0.349 e. The van der Waals surface area contributed by atoms with E-state index in [0.717, 1.165) is 12.1 Å². The van der Waals surface area contributed by atoms with Crippen molar-refractivity contribution in [3.05, 3.63) is 64.9 Å². The fourth-order valence-electron chi connectivity index (χ4n) is 5.04. The molecule has 170 valence electrons. The van der Waals surface area contributed by atoms with E-state index in [2.05, 4.69) is 15.3 Å². The highest BCUT2D eigenvalue weighted by Gasteiger charge is 2.49. The van der Waals surface area contributed by atoms with Gasteiger partial charge in [0.2, 0.25) is 5.91 Å². The number of nitrogens with zero attached hydrogens (tertiary/aromatic N) is 3. The van der Waals surface area contributed by atoms with E-state index >= 15 is 0 Å². The van der Waals surface area contributed by atoms with E-state index in [4.69, 9.17) is 11.6 Å². The van der Waals surface area contributed by atoms with Gasteiger partial charge < -0.3 is 10.2 Å². The molecule has 9 heteroatoms. The van der Waals surface area contributed by atoms with Gasteiger partial charge in [-0.1, -0.05) is 17.7 Å². The van der Waals surface area contributed by atoms with Crippen molar-refractivity contribution < 1.29 is 18.4 Å². The highest BCUT2D eigenvalue weighted by Crippen LogP contribution is 2.47. The largest absolute Gasteiger partial charge is 0.349 e. The summed E-state index contributed by atoms with van der Waals surface area (Å²) in [6.07, 6.45) is 6.10. The summed E-state index contributed by atoms with van der Waals surface area (Å²) in [5.41, 5.74) is 0.981. The van der Waals surface area contributed by atoms with Crippen LogP contribution in [0.15, 0.2) is 42.7 Å². The van der Waals surface area contributed by atoms with Crippen LogP contribution < -0.4 is 10.2 Å². The molecule has 0 atom stereocenters. The number of aromatic nitrogens is 2. The first-order chi connectivity index (χ1) is 15.9. The molecular weight excluding hydrogens is 450 g/mol. The first kappa shape index (κ1) is 21.7. The van der Waals surface area contributed by atoms with Crippen LogP contribution in [-0.2, 0) is 4.79 Å². The molecule has 2 amide bonds. The third-order valence-electron chi connectivity index (χ3n) is 6.79. The standard InChI is InChI=1S/C24H21ClF2N4O2/c25-17-12-14(26)13-18(27)21(17)31-11-8-24(23(31)33)6-4-15(5-7-24)30-22(32)16-2-1-3-19-20(16)29-10-9-28-19/h1-3,9-10,12-13,15H,4-8,11H2,(H,30,32). The van der Waals surface area contributed by atoms with Gasteiger partial charge in [-0.3, -0.25) is 19.6 Å². The number of hydrogen-bond donors (Lipinski definition) is 1. The summed E-state index contributed by atoms with van der Waals surface area (Å²) >= 11 is 6.06. The van der Waals surface area contributed by atoms with Gasteiger partial charge in [-0.2, -0.15) is 0 Å².